The van der Waals surface area contributed by atoms with E-state index in [0.29, 0.717) is 0 Å². The summed E-state index contributed by atoms with van der Waals surface area (Å²) < 4.78 is 0. The van der Waals surface area contributed by atoms with Gasteiger partial charge in [-0.3, -0.25) is 0 Å². The molecule has 0 heterocycles. The number of rotatable bonds is 0. The lowest BCUT2D eigenvalue weighted by atomic mass is 9.81. The molecule has 0 aromatic heterocycles. The Balaban J connectivity index is 1.90. The number of hydrogen-bond donors (Lipinski definition) is 0. The highest BCUT2D eigenvalue weighted by atomic mass is 28.1. The van der Waals surface area contributed by atoms with E-state index in [1.54, 1.807) is 19.3 Å². The van der Waals surface area contributed by atoms with Crippen molar-refractivity contribution in [3.63, 3.8) is 0 Å². The molecule has 59 valence electrons. The van der Waals surface area contributed by atoms with Crippen LogP contribution in [0.15, 0.2) is 0 Å². The molecule has 0 aromatic carbocycles. The molecule has 0 spiro atoms. The Morgan fingerprint density at radius 1 is 0.909 bits per heavy atom. The first-order valence-corrected chi connectivity index (χ1v) is 5.65. The van der Waals surface area contributed by atoms with Gasteiger partial charge in [0.2, 0.25) is 0 Å². The van der Waals surface area contributed by atoms with Crippen LogP contribution in [-0.2, 0) is 0 Å². The van der Waals surface area contributed by atoms with Gasteiger partial charge in [-0.15, -0.1) is 0 Å². The largest absolute Gasteiger partial charge is 0.0527 e. The maximum absolute atomic E-state index is 3.88. The van der Waals surface area contributed by atoms with Gasteiger partial charge < -0.3 is 0 Å². The summed E-state index contributed by atoms with van der Waals surface area (Å²) in [5.41, 5.74) is 0.888. The zero-order valence-electron chi connectivity index (χ0n) is 6.92. The molecule has 0 amide bonds. The highest BCUT2D eigenvalue weighted by molar-refractivity contribution is 6.12. The molecule has 0 nitrogen and oxygen atoms in total. The van der Waals surface area contributed by atoms with Crippen LogP contribution >= 0.6 is 0 Å². The summed E-state index contributed by atoms with van der Waals surface area (Å²) in [6, 6.07) is 0. The Morgan fingerprint density at radius 3 is 2.64 bits per heavy atom. The fourth-order valence-electron chi connectivity index (χ4n) is 4.07. The van der Waals surface area contributed by atoms with E-state index in [9.17, 15) is 0 Å². The van der Waals surface area contributed by atoms with Crippen LogP contribution in [0.25, 0.3) is 0 Å². The van der Waals surface area contributed by atoms with E-state index in [0.717, 1.165) is 29.2 Å². The summed E-state index contributed by atoms with van der Waals surface area (Å²) >= 11 is 0. The monoisotopic (exact) mass is 163 g/mol. The molecule has 0 N–H and O–H groups in total. The predicted octanol–water partition coefficient (Wildman–Crippen LogP) is 2.40. The van der Waals surface area contributed by atoms with Gasteiger partial charge in [0.15, 0.2) is 0 Å². The van der Waals surface area contributed by atoms with Gasteiger partial charge in [-0.25, -0.2) is 0 Å². The third-order valence-electron chi connectivity index (χ3n) is 4.43. The van der Waals surface area contributed by atoms with Gasteiger partial charge in [-0.2, -0.15) is 0 Å². The smallest absolute Gasteiger partial charge is 0.0270 e. The SMILES string of the molecule is [Si]C1CC2CC1C1CCCC21. The first-order chi connectivity index (χ1) is 5.36. The topological polar surface area (TPSA) is 0 Å². The third-order valence-corrected chi connectivity index (χ3v) is 5.09. The van der Waals surface area contributed by atoms with E-state index in [1.165, 1.54) is 12.8 Å². The lowest BCUT2D eigenvalue weighted by molar-refractivity contribution is 0.260. The molecule has 0 saturated heterocycles. The van der Waals surface area contributed by atoms with Crippen LogP contribution in [0.5, 0.6) is 0 Å². The van der Waals surface area contributed by atoms with Crippen molar-refractivity contribution >= 4 is 10.2 Å². The molecule has 3 rings (SSSR count). The summed E-state index contributed by atoms with van der Waals surface area (Å²) in [6.07, 6.45) is 7.69. The van der Waals surface area contributed by atoms with Crippen molar-refractivity contribution in [1.82, 2.24) is 0 Å². The molecule has 5 unspecified atom stereocenters. The number of fused-ring (bicyclic) bond motifs is 5. The van der Waals surface area contributed by atoms with Crippen molar-refractivity contribution < 1.29 is 0 Å². The second-order valence-electron chi connectivity index (χ2n) is 4.76. The predicted molar refractivity (Wildman–Crippen MR) is 46.5 cm³/mol. The van der Waals surface area contributed by atoms with Crippen LogP contribution in [0.1, 0.15) is 32.1 Å². The molecule has 2 bridgehead atoms. The molecule has 3 aliphatic rings. The summed E-state index contributed by atoms with van der Waals surface area (Å²) in [7, 11) is 3.88. The maximum atomic E-state index is 3.88. The van der Waals surface area contributed by atoms with Gasteiger partial charge >= 0.3 is 0 Å². The maximum Gasteiger partial charge on any atom is 0.0270 e. The fourth-order valence-corrected chi connectivity index (χ4v) is 4.75. The van der Waals surface area contributed by atoms with E-state index >= 15 is 0 Å². The summed E-state index contributed by atoms with van der Waals surface area (Å²) in [5, 5.41) is 0. The summed E-state index contributed by atoms with van der Waals surface area (Å²) in [4.78, 5) is 0. The highest BCUT2D eigenvalue weighted by Gasteiger charge is 2.51. The van der Waals surface area contributed by atoms with Crippen molar-refractivity contribution in [2.75, 3.05) is 0 Å². The van der Waals surface area contributed by atoms with E-state index in [1.807, 2.05) is 0 Å². The standard InChI is InChI=1S/C10H15Si/c11-10-5-6-4-9(10)8-3-1-2-7(6)8/h6-10H,1-5H2. The summed E-state index contributed by atoms with van der Waals surface area (Å²) in [6.45, 7) is 0. The van der Waals surface area contributed by atoms with Gasteiger partial charge in [0, 0.05) is 10.2 Å². The van der Waals surface area contributed by atoms with Gasteiger partial charge in [-0.1, -0.05) is 12.8 Å². The van der Waals surface area contributed by atoms with Crippen LogP contribution in [0.2, 0.25) is 5.54 Å². The Labute approximate surface area is 72.2 Å². The third kappa shape index (κ3) is 0.755. The second-order valence-corrected chi connectivity index (χ2v) is 5.50. The molecular weight excluding hydrogens is 148 g/mol. The molecule has 0 aromatic rings. The van der Waals surface area contributed by atoms with Crippen molar-refractivity contribution in [3.8, 4) is 0 Å². The Kier molecular flexibility index (Phi) is 1.29. The molecule has 3 radical (unpaired) electrons. The average molecular weight is 163 g/mol. The van der Waals surface area contributed by atoms with Crippen LogP contribution in [0.3, 0.4) is 0 Å². The van der Waals surface area contributed by atoms with Crippen molar-refractivity contribution in [2.45, 2.75) is 37.6 Å². The van der Waals surface area contributed by atoms with E-state index in [-0.39, 0.29) is 0 Å². The van der Waals surface area contributed by atoms with E-state index in [4.69, 9.17) is 0 Å². The van der Waals surface area contributed by atoms with Crippen molar-refractivity contribution in [2.24, 2.45) is 23.7 Å². The molecular formula is C10H15Si. The van der Waals surface area contributed by atoms with Gasteiger partial charge in [-0.05, 0) is 48.5 Å². The molecule has 3 aliphatic carbocycles. The minimum atomic E-state index is 0.888. The van der Waals surface area contributed by atoms with Gasteiger partial charge in [0.1, 0.15) is 0 Å². The zero-order valence-corrected chi connectivity index (χ0v) is 7.92. The molecule has 11 heavy (non-hydrogen) atoms. The molecule has 0 aliphatic heterocycles. The minimum absolute atomic E-state index is 0.888. The molecule has 3 fully saturated rings. The Hall–Kier alpha value is 0.217. The van der Waals surface area contributed by atoms with Gasteiger partial charge in [0.05, 0.1) is 0 Å². The van der Waals surface area contributed by atoms with E-state index in [2.05, 4.69) is 10.2 Å². The second kappa shape index (κ2) is 2.12. The van der Waals surface area contributed by atoms with Crippen molar-refractivity contribution in [1.29, 1.82) is 0 Å². The first-order valence-electron chi connectivity index (χ1n) is 5.07. The Bertz CT molecular complexity index is 178. The van der Waals surface area contributed by atoms with Gasteiger partial charge in [0.25, 0.3) is 0 Å². The first kappa shape index (κ1) is 6.70. The molecule has 1 heteroatoms. The highest BCUT2D eigenvalue weighted by Crippen LogP contribution is 2.62. The molecule has 5 atom stereocenters. The van der Waals surface area contributed by atoms with Crippen molar-refractivity contribution in [3.05, 3.63) is 0 Å². The zero-order chi connectivity index (χ0) is 7.42. The normalized spacial score (nSPS) is 60.3. The van der Waals surface area contributed by atoms with E-state index < -0.39 is 0 Å². The fraction of sp³-hybridized carbons (Fsp3) is 1.00. The quantitative estimate of drug-likeness (QED) is 0.481. The number of hydrogen-bond acceptors (Lipinski definition) is 0. The summed E-state index contributed by atoms with van der Waals surface area (Å²) in [5.74, 6) is 4.49. The average Bonchev–Trinajstić information content (AvgIpc) is 2.52. The van der Waals surface area contributed by atoms with Crippen LogP contribution in [0, 0.1) is 23.7 Å². The van der Waals surface area contributed by atoms with Crippen LogP contribution in [0.4, 0.5) is 0 Å². The van der Waals surface area contributed by atoms with Crippen LogP contribution < -0.4 is 0 Å². The molecule has 3 saturated carbocycles. The van der Waals surface area contributed by atoms with Crippen LogP contribution in [-0.4, -0.2) is 10.2 Å². The lowest BCUT2D eigenvalue weighted by Crippen LogP contribution is -2.20. The lowest BCUT2D eigenvalue weighted by Gasteiger charge is -2.28. The minimum Gasteiger partial charge on any atom is -0.0527 e. The Morgan fingerprint density at radius 2 is 1.73 bits per heavy atom.